The number of aliphatic hydroxyl groups is 1. The van der Waals surface area contributed by atoms with Crippen LogP contribution in [0.2, 0.25) is 0 Å². The molecule has 1 aliphatic rings. The molecular formula is C13H19NO3. The van der Waals surface area contributed by atoms with Gasteiger partial charge in [0.2, 0.25) is 0 Å². The molecule has 0 atom stereocenters. The van der Waals surface area contributed by atoms with Gasteiger partial charge in [-0.05, 0) is 12.5 Å². The van der Waals surface area contributed by atoms with Crippen LogP contribution >= 0.6 is 0 Å². The minimum atomic E-state index is -0.809. The van der Waals surface area contributed by atoms with Crippen molar-refractivity contribution in [2.45, 2.75) is 31.8 Å². The van der Waals surface area contributed by atoms with E-state index in [9.17, 15) is 5.11 Å². The Bertz CT molecular complexity index is 361. The maximum absolute atomic E-state index is 10.5. The first-order valence-corrected chi connectivity index (χ1v) is 6.13. The van der Waals surface area contributed by atoms with Crippen LogP contribution in [0.15, 0.2) is 18.5 Å². The van der Waals surface area contributed by atoms with Gasteiger partial charge in [0.05, 0.1) is 18.4 Å². The number of ether oxygens (including phenoxy) is 2. The largest absolute Gasteiger partial charge is 0.492 e. The standard InChI is InChI=1S/C13H19NO3/c1-2-5-17-12-8-11(9-14-10-12)13(15)3-6-16-7-4-13/h8-10,15H,2-7H2,1H3. The highest BCUT2D eigenvalue weighted by Crippen LogP contribution is 2.32. The molecule has 94 valence electrons. The van der Waals surface area contributed by atoms with Crippen molar-refractivity contribution >= 4 is 0 Å². The molecule has 1 saturated heterocycles. The van der Waals surface area contributed by atoms with E-state index in [4.69, 9.17) is 9.47 Å². The average Bonchev–Trinajstić information content (AvgIpc) is 2.38. The van der Waals surface area contributed by atoms with Crippen LogP contribution in [-0.2, 0) is 10.3 Å². The second-order valence-electron chi connectivity index (χ2n) is 4.40. The first-order chi connectivity index (χ1) is 8.24. The molecule has 1 aliphatic heterocycles. The maximum atomic E-state index is 10.5. The smallest absolute Gasteiger partial charge is 0.137 e. The predicted octanol–water partition coefficient (Wildman–Crippen LogP) is 1.87. The van der Waals surface area contributed by atoms with Crippen LogP contribution in [0.4, 0.5) is 0 Å². The first kappa shape index (κ1) is 12.3. The summed E-state index contributed by atoms with van der Waals surface area (Å²) in [6, 6.07) is 1.88. The molecule has 1 fully saturated rings. The number of pyridine rings is 1. The SMILES string of the molecule is CCCOc1cncc(C2(O)CCOCC2)c1. The third kappa shape index (κ3) is 2.96. The quantitative estimate of drug-likeness (QED) is 0.868. The predicted molar refractivity (Wildman–Crippen MR) is 64.0 cm³/mol. The van der Waals surface area contributed by atoms with E-state index in [1.54, 1.807) is 12.4 Å². The van der Waals surface area contributed by atoms with E-state index in [0.29, 0.717) is 32.7 Å². The minimum absolute atomic E-state index is 0.594. The molecule has 0 amide bonds. The molecule has 2 heterocycles. The monoisotopic (exact) mass is 237 g/mol. The van der Waals surface area contributed by atoms with Crippen LogP contribution in [0.5, 0.6) is 5.75 Å². The van der Waals surface area contributed by atoms with Gasteiger partial charge in [-0.2, -0.15) is 0 Å². The van der Waals surface area contributed by atoms with Crippen molar-refractivity contribution in [3.63, 3.8) is 0 Å². The minimum Gasteiger partial charge on any atom is -0.492 e. The number of aromatic nitrogens is 1. The summed E-state index contributed by atoms with van der Waals surface area (Å²) in [6.07, 6.45) is 5.59. The van der Waals surface area contributed by atoms with Crippen molar-refractivity contribution < 1.29 is 14.6 Å². The fourth-order valence-corrected chi connectivity index (χ4v) is 1.97. The Morgan fingerprint density at radius 2 is 2.18 bits per heavy atom. The average molecular weight is 237 g/mol. The molecular weight excluding hydrogens is 218 g/mol. The molecule has 0 spiro atoms. The van der Waals surface area contributed by atoms with Gasteiger partial charge in [-0.3, -0.25) is 4.98 Å². The maximum Gasteiger partial charge on any atom is 0.137 e. The Hall–Kier alpha value is -1.13. The fraction of sp³-hybridized carbons (Fsp3) is 0.615. The van der Waals surface area contributed by atoms with E-state index in [0.717, 1.165) is 17.7 Å². The molecule has 0 unspecified atom stereocenters. The van der Waals surface area contributed by atoms with Gasteiger partial charge in [0.25, 0.3) is 0 Å². The van der Waals surface area contributed by atoms with E-state index in [1.165, 1.54) is 0 Å². The Balaban J connectivity index is 2.14. The lowest BCUT2D eigenvalue weighted by molar-refractivity contribution is -0.0682. The van der Waals surface area contributed by atoms with Gasteiger partial charge in [0, 0.05) is 37.8 Å². The van der Waals surface area contributed by atoms with Crippen molar-refractivity contribution in [3.8, 4) is 5.75 Å². The van der Waals surface area contributed by atoms with Crippen LogP contribution in [-0.4, -0.2) is 29.9 Å². The van der Waals surface area contributed by atoms with E-state index in [2.05, 4.69) is 11.9 Å². The highest BCUT2D eigenvalue weighted by Gasteiger charge is 2.32. The molecule has 1 N–H and O–H groups in total. The molecule has 0 bridgehead atoms. The second kappa shape index (κ2) is 5.47. The van der Waals surface area contributed by atoms with E-state index in [-0.39, 0.29) is 0 Å². The summed E-state index contributed by atoms with van der Waals surface area (Å²) < 4.78 is 10.8. The normalized spacial score (nSPS) is 18.9. The molecule has 4 nitrogen and oxygen atoms in total. The second-order valence-corrected chi connectivity index (χ2v) is 4.40. The van der Waals surface area contributed by atoms with Gasteiger partial charge in [-0.1, -0.05) is 6.92 Å². The van der Waals surface area contributed by atoms with Gasteiger partial charge < -0.3 is 14.6 Å². The Kier molecular flexibility index (Phi) is 3.97. The summed E-state index contributed by atoms with van der Waals surface area (Å²) in [5.74, 6) is 0.726. The van der Waals surface area contributed by atoms with E-state index in [1.807, 2.05) is 6.07 Å². The van der Waals surface area contributed by atoms with Crippen LogP contribution in [0.1, 0.15) is 31.7 Å². The molecule has 0 aliphatic carbocycles. The topological polar surface area (TPSA) is 51.6 Å². The van der Waals surface area contributed by atoms with Crippen LogP contribution < -0.4 is 4.74 Å². The molecule has 0 radical (unpaired) electrons. The molecule has 17 heavy (non-hydrogen) atoms. The lowest BCUT2D eigenvalue weighted by Gasteiger charge is -2.32. The van der Waals surface area contributed by atoms with Gasteiger partial charge in [-0.25, -0.2) is 0 Å². The zero-order valence-electron chi connectivity index (χ0n) is 10.2. The molecule has 2 rings (SSSR count). The summed E-state index contributed by atoms with van der Waals surface area (Å²) in [7, 11) is 0. The number of hydrogen-bond donors (Lipinski definition) is 1. The summed E-state index contributed by atoms with van der Waals surface area (Å²) in [6.45, 7) is 3.92. The summed E-state index contributed by atoms with van der Waals surface area (Å²) in [5, 5.41) is 10.5. The Morgan fingerprint density at radius 3 is 2.88 bits per heavy atom. The van der Waals surface area contributed by atoms with Crippen LogP contribution in [0.3, 0.4) is 0 Å². The summed E-state index contributed by atoms with van der Waals surface area (Å²) in [4.78, 5) is 4.13. The van der Waals surface area contributed by atoms with Crippen molar-refractivity contribution in [1.82, 2.24) is 4.98 Å². The lowest BCUT2D eigenvalue weighted by atomic mass is 9.87. The number of rotatable bonds is 4. The number of hydrogen-bond acceptors (Lipinski definition) is 4. The first-order valence-electron chi connectivity index (χ1n) is 6.13. The van der Waals surface area contributed by atoms with Crippen molar-refractivity contribution in [2.75, 3.05) is 19.8 Å². The summed E-state index contributed by atoms with van der Waals surface area (Å²) >= 11 is 0. The molecule has 1 aromatic rings. The van der Waals surface area contributed by atoms with Crippen LogP contribution in [0, 0.1) is 0 Å². The van der Waals surface area contributed by atoms with Gasteiger partial charge in [-0.15, -0.1) is 0 Å². The Morgan fingerprint density at radius 1 is 1.41 bits per heavy atom. The van der Waals surface area contributed by atoms with Crippen molar-refractivity contribution in [3.05, 3.63) is 24.0 Å². The molecule has 1 aromatic heterocycles. The highest BCUT2D eigenvalue weighted by atomic mass is 16.5. The van der Waals surface area contributed by atoms with Gasteiger partial charge >= 0.3 is 0 Å². The van der Waals surface area contributed by atoms with Crippen molar-refractivity contribution in [1.29, 1.82) is 0 Å². The molecule has 4 heteroatoms. The lowest BCUT2D eigenvalue weighted by Crippen LogP contribution is -2.33. The van der Waals surface area contributed by atoms with Gasteiger partial charge in [0.1, 0.15) is 5.75 Å². The highest BCUT2D eigenvalue weighted by molar-refractivity contribution is 5.28. The van der Waals surface area contributed by atoms with E-state index < -0.39 is 5.60 Å². The third-order valence-electron chi connectivity index (χ3n) is 3.04. The zero-order valence-corrected chi connectivity index (χ0v) is 10.2. The fourth-order valence-electron chi connectivity index (χ4n) is 1.97. The molecule has 0 saturated carbocycles. The van der Waals surface area contributed by atoms with Crippen LogP contribution in [0.25, 0.3) is 0 Å². The third-order valence-corrected chi connectivity index (χ3v) is 3.04. The Labute approximate surface area is 102 Å². The number of nitrogens with zero attached hydrogens (tertiary/aromatic N) is 1. The van der Waals surface area contributed by atoms with Gasteiger partial charge in [0.15, 0.2) is 0 Å². The van der Waals surface area contributed by atoms with Crippen molar-refractivity contribution in [2.24, 2.45) is 0 Å². The van der Waals surface area contributed by atoms with E-state index >= 15 is 0 Å². The zero-order chi connectivity index (χ0) is 12.1. The molecule has 0 aromatic carbocycles. The summed E-state index contributed by atoms with van der Waals surface area (Å²) in [5.41, 5.74) is 0.0195.